The number of nitrogens with two attached hydrogens (primary N) is 1. The summed E-state index contributed by atoms with van der Waals surface area (Å²) in [6.45, 7) is 2.03. The molecule has 1 saturated heterocycles. The molecule has 1 aromatic rings. The van der Waals surface area contributed by atoms with Crippen LogP contribution in [0.25, 0.3) is 0 Å². The first-order chi connectivity index (χ1) is 9.28. The standard InChI is InChI=1S/C12H21N7/c1-18(9-5-6-9)11-14-10(17-13)15-12(16-11)19-7-3-2-4-8-19/h9H,2-8,13H2,1H3,(H,14,15,16,17). The van der Waals surface area contributed by atoms with Gasteiger partial charge in [-0.3, -0.25) is 5.43 Å². The van der Waals surface area contributed by atoms with E-state index in [0.29, 0.717) is 17.9 Å². The average Bonchev–Trinajstić information content (AvgIpc) is 3.31. The summed E-state index contributed by atoms with van der Waals surface area (Å²) < 4.78 is 0. The number of nitrogen functional groups attached to an aromatic ring is 1. The molecule has 7 nitrogen and oxygen atoms in total. The Bertz CT molecular complexity index is 440. The van der Waals surface area contributed by atoms with Crippen molar-refractivity contribution in [2.75, 3.05) is 35.4 Å². The van der Waals surface area contributed by atoms with Gasteiger partial charge >= 0.3 is 0 Å². The maximum atomic E-state index is 5.47. The van der Waals surface area contributed by atoms with Gasteiger partial charge in [-0.2, -0.15) is 15.0 Å². The van der Waals surface area contributed by atoms with Crippen molar-refractivity contribution in [3.8, 4) is 0 Å². The quantitative estimate of drug-likeness (QED) is 0.612. The molecule has 104 valence electrons. The number of hydrogen-bond acceptors (Lipinski definition) is 7. The summed E-state index contributed by atoms with van der Waals surface area (Å²) in [6, 6.07) is 0.572. The summed E-state index contributed by atoms with van der Waals surface area (Å²) in [5.74, 6) is 7.37. The van der Waals surface area contributed by atoms with Crippen molar-refractivity contribution in [1.29, 1.82) is 0 Å². The van der Waals surface area contributed by atoms with E-state index in [4.69, 9.17) is 5.84 Å². The molecular weight excluding hydrogens is 242 g/mol. The van der Waals surface area contributed by atoms with Gasteiger partial charge in [0.2, 0.25) is 17.8 Å². The zero-order valence-corrected chi connectivity index (χ0v) is 11.3. The first-order valence-corrected chi connectivity index (χ1v) is 6.98. The summed E-state index contributed by atoms with van der Waals surface area (Å²) >= 11 is 0. The summed E-state index contributed by atoms with van der Waals surface area (Å²) in [5.41, 5.74) is 2.55. The minimum atomic E-state index is 0.443. The van der Waals surface area contributed by atoms with E-state index < -0.39 is 0 Å². The monoisotopic (exact) mass is 263 g/mol. The van der Waals surface area contributed by atoms with Gasteiger partial charge in [0.1, 0.15) is 0 Å². The van der Waals surface area contributed by atoms with E-state index >= 15 is 0 Å². The van der Waals surface area contributed by atoms with Crippen molar-refractivity contribution in [3.05, 3.63) is 0 Å². The molecule has 2 fully saturated rings. The fourth-order valence-electron chi connectivity index (χ4n) is 2.44. The van der Waals surface area contributed by atoms with Crippen LogP contribution in [0.2, 0.25) is 0 Å². The van der Waals surface area contributed by atoms with E-state index in [1.165, 1.54) is 32.1 Å². The third-order valence-corrected chi connectivity index (χ3v) is 3.79. The number of nitrogens with zero attached hydrogens (tertiary/aromatic N) is 5. The summed E-state index contributed by atoms with van der Waals surface area (Å²) in [7, 11) is 2.04. The Kier molecular flexibility index (Phi) is 3.37. The number of hydrazine groups is 1. The van der Waals surface area contributed by atoms with Crippen LogP contribution >= 0.6 is 0 Å². The van der Waals surface area contributed by atoms with Gasteiger partial charge in [-0.05, 0) is 32.1 Å². The van der Waals surface area contributed by atoms with Crippen molar-refractivity contribution in [3.63, 3.8) is 0 Å². The van der Waals surface area contributed by atoms with Crippen LogP contribution in [0.15, 0.2) is 0 Å². The van der Waals surface area contributed by atoms with E-state index in [0.717, 1.165) is 19.0 Å². The molecule has 0 bridgehead atoms. The average molecular weight is 263 g/mol. The minimum absolute atomic E-state index is 0.443. The number of rotatable bonds is 4. The lowest BCUT2D eigenvalue weighted by molar-refractivity contribution is 0.567. The maximum Gasteiger partial charge on any atom is 0.243 e. The SMILES string of the molecule is CN(c1nc(NN)nc(N2CCCCC2)n1)C1CC1. The van der Waals surface area contributed by atoms with Crippen molar-refractivity contribution in [2.24, 2.45) is 5.84 Å². The van der Waals surface area contributed by atoms with E-state index in [1.54, 1.807) is 0 Å². The molecule has 19 heavy (non-hydrogen) atoms. The first kappa shape index (κ1) is 12.4. The third kappa shape index (κ3) is 2.70. The molecule has 1 aromatic heterocycles. The van der Waals surface area contributed by atoms with Crippen molar-refractivity contribution in [2.45, 2.75) is 38.1 Å². The predicted molar refractivity (Wildman–Crippen MR) is 75.1 cm³/mol. The van der Waals surface area contributed by atoms with Gasteiger partial charge in [-0.25, -0.2) is 5.84 Å². The van der Waals surface area contributed by atoms with E-state index in [2.05, 4.69) is 30.2 Å². The van der Waals surface area contributed by atoms with Crippen LogP contribution in [0.4, 0.5) is 17.8 Å². The second-order valence-corrected chi connectivity index (χ2v) is 5.29. The smallest absolute Gasteiger partial charge is 0.243 e. The predicted octanol–water partition coefficient (Wildman–Crippen LogP) is 0.746. The third-order valence-electron chi connectivity index (χ3n) is 3.79. The first-order valence-electron chi connectivity index (χ1n) is 6.98. The number of nitrogens with one attached hydrogen (secondary N) is 1. The Labute approximate surface area is 113 Å². The summed E-state index contributed by atoms with van der Waals surface area (Å²) in [4.78, 5) is 17.7. The molecule has 3 N–H and O–H groups in total. The zero-order valence-electron chi connectivity index (χ0n) is 11.3. The summed E-state index contributed by atoms with van der Waals surface area (Å²) in [5, 5.41) is 0. The summed E-state index contributed by atoms with van der Waals surface area (Å²) in [6.07, 6.45) is 6.12. The highest BCUT2D eigenvalue weighted by molar-refractivity contribution is 5.45. The molecule has 0 amide bonds. The van der Waals surface area contributed by atoms with E-state index in [9.17, 15) is 0 Å². The van der Waals surface area contributed by atoms with Gasteiger partial charge in [-0.1, -0.05) is 0 Å². The number of aromatic nitrogens is 3. The highest BCUT2D eigenvalue weighted by Crippen LogP contribution is 2.29. The van der Waals surface area contributed by atoms with E-state index in [-0.39, 0.29) is 0 Å². The Morgan fingerprint density at radius 3 is 2.53 bits per heavy atom. The van der Waals surface area contributed by atoms with Crippen LogP contribution in [0.3, 0.4) is 0 Å². The number of hydrogen-bond donors (Lipinski definition) is 2. The number of anilines is 3. The van der Waals surface area contributed by atoms with Gasteiger partial charge in [0.05, 0.1) is 0 Å². The molecule has 2 aliphatic rings. The molecule has 3 rings (SSSR count). The molecule has 1 aliphatic carbocycles. The van der Waals surface area contributed by atoms with Crippen molar-refractivity contribution < 1.29 is 0 Å². The zero-order chi connectivity index (χ0) is 13.2. The molecule has 0 aromatic carbocycles. The highest BCUT2D eigenvalue weighted by atomic mass is 15.4. The maximum absolute atomic E-state index is 5.47. The Morgan fingerprint density at radius 1 is 1.16 bits per heavy atom. The molecule has 0 atom stereocenters. The topological polar surface area (TPSA) is 83.2 Å². The van der Waals surface area contributed by atoms with Gasteiger partial charge in [0.15, 0.2) is 0 Å². The number of piperidine rings is 1. The fourth-order valence-corrected chi connectivity index (χ4v) is 2.44. The Morgan fingerprint density at radius 2 is 1.89 bits per heavy atom. The molecule has 0 radical (unpaired) electrons. The van der Waals surface area contributed by atoms with Crippen LogP contribution in [0.1, 0.15) is 32.1 Å². The molecule has 2 heterocycles. The second-order valence-electron chi connectivity index (χ2n) is 5.29. The van der Waals surface area contributed by atoms with Gasteiger partial charge in [0, 0.05) is 26.2 Å². The van der Waals surface area contributed by atoms with Crippen LogP contribution in [0, 0.1) is 0 Å². The highest BCUT2D eigenvalue weighted by Gasteiger charge is 2.29. The lowest BCUT2D eigenvalue weighted by Gasteiger charge is -2.27. The second kappa shape index (κ2) is 5.16. The Hall–Kier alpha value is -1.63. The van der Waals surface area contributed by atoms with Crippen LogP contribution in [0.5, 0.6) is 0 Å². The minimum Gasteiger partial charge on any atom is -0.341 e. The van der Waals surface area contributed by atoms with Gasteiger partial charge in [0.25, 0.3) is 0 Å². The van der Waals surface area contributed by atoms with Crippen molar-refractivity contribution >= 4 is 17.8 Å². The molecule has 0 unspecified atom stereocenters. The van der Waals surface area contributed by atoms with Crippen LogP contribution in [-0.4, -0.2) is 41.1 Å². The molecule has 1 saturated carbocycles. The lowest BCUT2D eigenvalue weighted by Crippen LogP contribution is -2.32. The van der Waals surface area contributed by atoms with Gasteiger partial charge in [-0.15, -0.1) is 0 Å². The van der Waals surface area contributed by atoms with E-state index in [1.807, 2.05) is 7.05 Å². The molecule has 1 aliphatic heterocycles. The molecular formula is C12H21N7. The normalized spacial score (nSPS) is 19.4. The largest absolute Gasteiger partial charge is 0.341 e. The van der Waals surface area contributed by atoms with Crippen molar-refractivity contribution in [1.82, 2.24) is 15.0 Å². The van der Waals surface area contributed by atoms with Gasteiger partial charge < -0.3 is 9.80 Å². The van der Waals surface area contributed by atoms with Crippen LogP contribution in [-0.2, 0) is 0 Å². The fraction of sp³-hybridized carbons (Fsp3) is 0.750. The molecule has 7 heteroatoms. The lowest BCUT2D eigenvalue weighted by atomic mass is 10.1. The molecule has 0 spiro atoms. The Balaban J connectivity index is 1.87. The van der Waals surface area contributed by atoms with Crippen LogP contribution < -0.4 is 21.1 Å².